The molecule has 8 heteroatoms. The smallest absolute Gasteiger partial charge is 0.337 e. The predicted molar refractivity (Wildman–Crippen MR) is 99.8 cm³/mol. The van der Waals surface area contributed by atoms with Crippen LogP contribution in [0.5, 0.6) is 5.75 Å². The standard InChI is InChI=1S/C18H18N2O5S/c1-11-8-12-9-13(18(21)25-3)10-15(17(12)19-11)20(26(22)23)14-6-4-5-7-16(14)24-2/h4-10,19,26H,1-3H3. The molecule has 26 heavy (non-hydrogen) atoms. The third-order valence-corrected chi connectivity index (χ3v) is 4.73. The topological polar surface area (TPSA) is 88.7 Å². The van der Waals surface area contributed by atoms with E-state index in [1.165, 1.54) is 20.3 Å². The number of thiol groups is 1. The molecule has 0 aliphatic heterocycles. The summed E-state index contributed by atoms with van der Waals surface area (Å²) in [5.41, 5.74) is 2.36. The molecular formula is C18H18N2O5S. The number of carbonyl (C=O) groups excluding carboxylic acids is 1. The Labute approximate surface area is 152 Å². The van der Waals surface area contributed by atoms with E-state index in [9.17, 15) is 13.2 Å². The van der Waals surface area contributed by atoms with Crippen LogP contribution in [-0.4, -0.2) is 33.6 Å². The van der Waals surface area contributed by atoms with E-state index in [0.29, 0.717) is 28.0 Å². The number of aromatic amines is 1. The normalized spacial score (nSPS) is 10.9. The summed E-state index contributed by atoms with van der Waals surface area (Å²) in [7, 11) is -0.312. The zero-order chi connectivity index (χ0) is 18.8. The molecule has 0 saturated carbocycles. The minimum absolute atomic E-state index is 0.255. The maximum absolute atomic E-state index is 12.1. The van der Waals surface area contributed by atoms with Gasteiger partial charge in [-0.3, -0.25) is 0 Å². The number of aromatic nitrogens is 1. The molecule has 136 valence electrons. The minimum Gasteiger partial charge on any atom is -0.495 e. The van der Waals surface area contributed by atoms with Gasteiger partial charge in [-0.1, -0.05) is 12.1 Å². The van der Waals surface area contributed by atoms with Gasteiger partial charge in [0.25, 0.3) is 0 Å². The van der Waals surface area contributed by atoms with Crippen LogP contribution in [0.4, 0.5) is 11.4 Å². The fourth-order valence-electron chi connectivity index (χ4n) is 2.88. The van der Waals surface area contributed by atoms with Crippen LogP contribution in [0.15, 0.2) is 42.5 Å². The second-order valence-corrected chi connectivity index (χ2v) is 6.50. The quantitative estimate of drug-likeness (QED) is 0.529. The van der Waals surface area contributed by atoms with Gasteiger partial charge in [0.2, 0.25) is 10.9 Å². The molecular weight excluding hydrogens is 356 g/mol. The van der Waals surface area contributed by atoms with Gasteiger partial charge in [0, 0.05) is 11.1 Å². The molecule has 1 heterocycles. The average molecular weight is 374 g/mol. The summed E-state index contributed by atoms with van der Waals surface area (Å²) in [4.78, 5) is 15.2. The summed E-state index contributed by atoms with van der Waals surface area (Å²) in [6, 6.07) is 11.7. The Morgan fingerprint density at radius 2 is 1.81 bits per heavy atom. The number of hydrogen-bond acceptors (Lipinski definition) is 5. The summed E-state index contributed by atoms with van der Waals surface area (Å²) in [5, 5.41) is 0.706. The predicted octanol–water partition coefficient (Wildman–Crippen LogP) is 2.94. The molecule has 0 unspecified atom stereocenters. The first-order chi connectivity index (χ1) is 12.5. The lowest BCUT2D eigenvalue weighted by Gasteiger charge is -2.21. The number of aryl methyl sites for hydroxylation is 1. The van der Waals surface area contributed by atoms with Crippen LogP contribution in [-0.2, 0) is 15.6 Å². The Hall–Kier alpha value is -3.00. The van der Waals surface area contributed by atoms with Crippen LogP contribution in [0, 0.1) is 6.92 Å². The lowest BCUT2D eigenvalue weighted by atomic mass is 10.1. The van der Waals surface area contributed by atoms with Crippen molar-refractivity contribution in [3.63, 3.8) is 0 Å². The molecule has 7 nitrogen and oxygen atoms in total. The number of H-pyrrole nitrogens is 1. The fourth-order valence-corrected chi connectivity index (χ4v) is 3.55. The highest BCUT2D eigenvalue weighted by atomic mass is 32.2. The number of anilines is 2. The van der Waals surface area contributed by atoms with Crippen molar-refractivity contribution in [3.8, 4) is 5.75 Å². The fraction of sp³-hybridized carbons (Fsp3) is 0.167. The van der Waals surface area contributed by atoms with Crippen molar-refractivity contribution in [2.45, 2.75) is 6.92 Å². The SMILES string of the molecule is COC(=O)c1cc(N(c2ccccc2OC)[SH](=O)=O)c2[nH]c(C)cc2c1. The largest absolute Gasteiger partial charge is 0.495 e. The molecule has 3 rings (SSSR count). The second kappa shape index (κ2) is 7.09. The van der Waals surface area contributed by atoms with Crippen LogP contribution < -0.4 is 9.04 Å². The minimum atomic E-state index is -3.06. The van der Waals surface area contributed by atoms with E-state index in [1.807, 2.05) is 13.0 Å². The number of nitrogens with zero attached hydrogens (tertiary/aromatic N) is 1. The lowest BCUT2D eigenvalue weighted by molar-refractivity contribution is 0.0601. The molecule has 1 N–H and O–H groups in total. The zero-order valence-electron chi connectivity index (χ0n) is 14.5. The average Bonchev–Trinajstić information content (AvgIpc) is 3.01. The first-order valence-corrected chi connectivity index (χ1v) is 8.88. The highest BCUT2D eigenvalue weighted by molar-refractivity contribution is 7.74. The van der Waals surface area contributed by atoms with Crippen molar-refractivity contribution in [2.75, 3.05) is 18.5 Å². The van der Waals surface area contributed by atoms with Gasteiger partial charge in [-0.2, -0.15) is 0 Å². The Kier molecular flexibility index (Phi) is 4.85. The van der Waals surface area contributed by atoms with E-state index < -0.39 is 16.9 Å². The van der Waals surface area contributed by atoms with Crippen LogP contribution in [0.3, 0.4) is 0 Å². The summed E-state index contributed by atoms with van der Waals surface area (Å²) in [5.74, 6) is -0.153. The highest BCUT2D eigenvalue weighted by Crippen LogP contribution is 2.38. The van der Waals surface area contributed by atoms with Crippen LogP contribution in [0.2, 0.25) is 0 Å². The van der Waals surface area contributed by atoms with Crippen molar-refractivity contribution >= 4 is 39.1 Å². The van der Waals surface area contributed by atoms with E-state index in [1.54, 1.807) is 30.3 Å². The number of methoxy groups -OCH3 is 2. The number of carbonyl (C=O) groups is 1. The molecule has 0 bridgehead atoms. The van der Waals surface area contributed by atoms with Gasteiger partial charge >= 0.3 is 5.97 Å². The van der Waals surface area contributed by atoms with Gasteiger partial charge in [-0.25, -0.2) is 17.5 Å². The van der Waals surface area contributed by atoms with Gasteiger partial charge in [-0.15, -0.1) is 0 Å². The van der Waals surface area contributed by atoms with Gasteiger partial charge in [0.05, 0.1) is 36.7 Å². The van der Waals surface area contributed by atoms with E-state index in [4.69, 9.17) is 9.47 Å². The molecule has 0 atom stereocenters. The van der Waals surface area contributed by atoms with E-state index in [-0.39, 0.29) is 5.56 Å². The Morgan fingerprint density at radius 3 is 2.46 bits per heavy atom. The van der Waals surface area contributed by atoms with Gasteiger partial charge < -0.3 is 14.5 Å². The lowest BCUT2D eigenvalue weighted by Crippen LogP contribution is -2.16. The molecule has 2 aromatic carbocycles. The second-order valence-electron chi connectivity index (χ2n) is 5.63. The van der Waals surface area contributed by atoms with Crippen molar-refractivity contribution in [3.05, 3.63) is 53.7 Å². The maximum atomic E-state index is 12.1. The zero-order valence-corrected chi connectivity index (χ0v) is 15.4. The summed E-state index contributed by atoms with van der Waals surface area (Å²) in [6.45, 7) is 1.85. The number of hydrogen-bond donors (Lipinski definition) is 2. The number of nitrogens with one attached hydrogen (secondary N) is 1. The summed E-state index contributed by atoms with van der Waals surface area (Å²) in [6.07, 6.45) is 0. The van der Waals surface area contributed by atoms with Crippen molar-refractivity contribution in [1.29, 1.82) is 0 Å². The van der Waals surface area contributed by atoms with Crippen LogP contribution in [0.25, 0.3) is 10.9 Å². The van der Waals surface area contributed by atoms with E-state index in [0.717, 1.165) is 10.00 Å². The summed E-state index contributed by atoms with van der Waals surface area (Å²) >= 11 is 0. The Morgan fingerprint density at radius 1 is 1.08 bits per heavy atom. The Bertz CT molecular complexity index is 1050. The molecule has 0 aliphatic carbocycles. The maximum Gasteiger partial charge on any atom is 0.337 e. The monoisotopic (exact) mass is 374 g/mol. The molecule has 0 radical (unpaired) electrons. The molecule has 0 saturated heterocycles. The van der Waals surface area contributed by atoms with Gasteiger partial charge in [-0.05, 0) is 37.3 Å². The van der Waals surface area contributed by atoms with Gasteiger partial charge in [0.1, 0.15) is 5.75 Å². The Balaban J connectivity index is 2.34. The van der Waals surface area contributed by atoms with Crippen LogP contribution in [0.1, 0.15) is 16.1 Å². The first kappa shape index (κ1) is 17.8. The molecule has 0 spiro atoms. The molecule has 3 aromatic rings. The highest BCUT2D eigenvalue weighted by Gasteiger charge is 2.22. The van der Waals surface area contributed by atoms with Gasteiger partial charge in [0.15, 0.2) is 0 Å². The number of benzene rings is 2. The summed E-state index contributed by atoms with van der Waals surface area (Å²) < 4.78 is 35.5. The third kappa shape index (κ3) is 3.11. The molecule has 1 aromatic heterocycles. The molecule has 0 amide bonds. The van der Waals surface area contributed by atoms with Crippen molar-refractivity contribution < 1.29 is 22.7 Å². The van der Waals surface area contributed by atoms with Crippen molar-refractivity contribution in [1.82, 2.24) is 4.98 Å². The number of esters is 1. The molecule has 0 fully saturated rings. The molecule has 0 aliphatic rings. The number of rotatable bonds is 5. The number of fused-ring (bicyclic) bond motifs is 1. The first-order valence-electron chi connectivity index (χ1n) is 7.75. The van der Waals surface area contributed by atoms with E-state index >= 15 is 0 Å². The third-order valence-electron chi connectivity index (χ3n) is 3.97. The number of para-hydroxylation sites is 2. The van der Waals surface area contributed by atoms with E-state index in [2.05, 4.69) is 4.98 Å². The van der Waals surface area contributed by atoms with Crippen molar-refractivity contribution in [2.24, 2.45) is 0 Å². The number of ether oxygens (including phenoxy) is 2. The van der Waals surface area contributed by atoms with Crippen LogP contribution >= 0.6 is 0 Å².